The van der Waals surface area contributed by atoms with E-state index in [9.17, 15) is 13.2 Å². The number of carbonyl (C=O) groups excluding carboxylic acids is 1. The van der Waals surface area contributed by atoms with Crippen molar-refractivity contribution in [3.8, 4) is 0 Å². The van der Waals surface area contributed by atoms with Crippen LogP contribution in [0, 0.1) is 5.92 Å². The SMILES string of the molecule is CS(=O)(=O)c1ccccc1NC(=O)CC1CCCCC1. The number of rotatable bonds is 4. The van der Waals surface area contributed by atoms with E-state index in [1.807, 2.05) is 0 Å². The van der Waals surface area contributed by atoms with Crippen LogP contribution in [0.4, 0.5) is 5.69 Å². The summed E-state index contributed by atoms with van der Waals surface area (Å²) >= 11 is 0. The van der Waals surface area contributed by atoms with Crippen molar-refractivity contribution in [1.82, 2.24) is 0 Å². The molecule has 1 aliphatic rings. The number of sulfone groups is 1. The molecule has 1 saturated carbocycles. The number of benzene rings is 1. The number of anilines is 1. The Kier molecular flexibility index (Phi) is 4.81. The van der Waals surface area contributed by atoms with Crippen LogP contribution in [0.25, 0.3) is 0 Å². The second kappa shape index (κ2) is 6.39. The second-order valence-corrected chi connectivity index (χ2v) is 7.51. The smallest absolute Gasteiger partial charge is 0.224 e. The van der Waals surface area contributed by atoms with Gasteiger partial charge >= 0.3 is 0 Å². The van der Waals surface area contributed by atoms with Crippen molar-refractivity contribution >= 4 is 21.4 Å². The summed E-state index contributed by atoms with van der Waals surface area (Å²) in [6, 6.07) is 6.54. The summed E-state index contributed by atoms with van der Waals surface area (Å²) in [5, 5.41) is 2.75. The van der Waals surface area contributed by atoms with Gasteiger partial charge in [0.15, 0.2) is 9.84 Å². The molecule has 1 amide bonds. The second-order valence-electron chi connectivity index (χ2n) is 5.52. The fourth-order valence-corrected chi connectivity index (χ4v) is 3.59. The average molecular weight is 295 g/mol. The molecule has 4 nitrogen and oxygen atoms in total. The molecule has 0 aromatic heterocycles. The minimum absolute atomic E-state index is 0.0898. The summed E-state index contributed by atoms with van der Waals surface area (Å²) in [7, 11) is -3.33. The summed E-state index contributed by atoms with van der Waals surface area (Å²) in [5.41, 5.74) is 0.385. The standard InChI is InChI=1S/C15H21NO3S/c1-20(18,19)14-10-6-5-9-13(14)16-15(17)11-12-7-3-2-4-8-12/h5-6,9-10,12H,2-4,7-8,11H2,1H3,(H,16,17). The Labute approximate surface area is 120 Å². The summed E-state index contributed by atoms with van der Waals surface area (Å²) in [6.07, 6.45) is 7.48. The molecule has 2 rings (SSSR count). The highest BCUT2D eigenvalue weighted by Crippen LogP contribution is 2.27. The predicted molar refractivity (Wildman–Crippen MR) is 79.4 cm³/mol. The van der Waals surface area contributed by atoms with Crippen LogP contribution >= 0.6 is 0 Å². The first-order valence-corrected chi connectivity index (χ1v) is 8.95. The zero-order valence-corrected chi connectivity index (χ0v) is 12.6. The van der Waals surface area contributed by atoms with E-state index >= 15 is 0 Å². The molecule has 1 fully saturated rings. The first kappa shape index (κ1) is 15.0. The van der Waals surface area contributed by atoms with Crippen molar-refractivity contribution in [2.75, 3.05) is 11.6 Å². The molecule has 0 heterocycles. The molecule has 1 aliphatic carbocycles. The molecule has 110 valence electrons. The maximum absolute atomic E-state index is 12.1. The van der Waals surface area contributed by atoms with Crippen molar-refractivity contribution < 1.29 is 13.2 Å². The Morgan fingerprint density at radius 1 is 1.20 bits per heavy atom. The van der Waals surface area contributed by atoms with Gasteiger partial charge in [0.2, 0.25) is 5.91 Å². The lowest BCUT2D eigenvalue weighted by atomic mass is 9.87. The fourth-order valence-electron chi connectivity index (χ4n) is 2.75. The Bertz CT molecular complexity index is 575. The van der Waals surface area contributed by atoms with Crippen molar-refractivity contribution in [1.29, 1.82) is 0 Å². The van der Waals surface area contributed by atoms with Gasteiger partial charge in [0.05, 0.1) is 10.6 Å². The molecule has 0 unspecified atom stereocenters. The first-order chi connectivity index (χ1) is 9.47. The van der Waals surface area contributed by atoms with E-state index in [4.69, 9.17) is 0 Å². The minimum atomic E-state index is -3.33. The van der Waals surface area contributed by atoms with Crippen LogP contribution in [0.3, 0.4) is 0 Å². The highest BCUT2D eigenvalue weighted by molar-refractivity contribution is 7.90. The normalized spacial score (nSPS) is 16.9. The molecule has 0 atom stereocenters. The van der Waals surface area contributed by atoms with Crippen LogP contribution in [-0.4, -0.2) is 20.6 Å². The van der Waals surface area contributed by atoms with Gasteiger partial charge in [0.25, 0.3) is 0 Å². The van der Waals surface area contributed by atoms with E-state index in [2.05, 4.69) is 5.32 Å². The number of para-hydroxylation sites is 1. The monoisotopic (exact) mass is 295 g/mol. The lowest BCUT2D eigenvalue weighted by Crippen LogP contribution is -2.19. The van der Waals surface area contributed by atoms with Crippen LogP contribution in [0.5, 0.6) is 0 Å². The van der Waals surface area contributed by atoms with Gasteiger partial charge < -0.3 is 5.32 Å². The number of nitrogens with one attached hydrogen (secondary N) is 1. The maximum atomic E-state index is 12.1. The van der Waals surface area contributed by atoms with Gasteiger partial charge in [0, 0.05) is 12.7 Å². The number of carbonyl (C=O) groups is 1. The highest BCUT2D eigenvalue weighted by atomic mass is 32.2. The third-order valence-electron chi connectivity index (χ3n) is 3.76. The number of hydrogen-bond acceptors (Lipinski definition) is 3. The van der Waals surface area contributed by atoms with Gasteiger partial charge in [0.1, 0.15) is 0 Å². The van der Waals surface area contributed by atoms with Crippen LogP contribution < -0.4 is 5.32 Å². The Balaban J connectivity index is 2.04. The predicted octanol–water partition coefficient (Wildman–Crippen LogP) is 3.00. The summed E-state index contributed by atoms with van der Waals surface area (Å²) in [6.45, 7) is 0. The zero-order chi connectivity index (χ0) is 14.6. The molecule has 0 radical (unpaired) electrons. The van der Waals surface area contributed by atoms with Gasteiger partial charge in [-0.15, -0.1) is 0 Å². The summed E-state index contributed by atoms with van der Waals surface area (Å²) in [4.78, 5) is 12.2. The molecule has 0 spiro atoms. The Hall–Kier alpha value is -1.36. The molecular formula is C15H21NO3S. The molecule has 1 aromatic carbocycles. The molecule has 0 bridgehead atoms. The quantitative estimate of drug-likeness (QED) is 0.928. The van der Waals surface area contributed by atoms with E-state index < -0.39 is 9.84 Å². The van der Waals surface area contributed by atoms with Crippen LogP contribution in [0.15, 0.2) is 29.2 Å². The van der Waals surface area contributed by atoms with Gasteiger partial charge in [-0.25, -0.2) is 8.42 Å². The van der Waals surface area contributed by atoms with Crippen molar-refractivity contribution in [2.24, 2.45) is 5.92 Å². The largest absolute Gasteiger partial charge is 0.325 e. The third kappa shape index (κ3) is 4.07. The summed E-state index contributed by atoms with van der Waals surface area (Å²) in [5.74, 6) is 0.349. The molecule has 1 aromatic rings. The van der Waals surface area contributed by atoms with E-state index in [-0.39, 0.29) is 10.8 Å². The molecular weight excluding hydrogens is 274 g/mol. The Morgan fingerprint density at radius 3 is 2.50 bits per heavy atom. The van der Waals surface area contributed by atoms with E-state index in [1.165, 1.54) is 25.3 Å². The molecule has 0 aliphatic heterocycles. The van der Waals surface area contributed by atoms with Crippen molar-refractivity contribution in [3.05, 3.63) is 24.3 Å². The molecule has 5 heteroatoms. The average Bonchev–Trinajstić information content (AvgIpc) is 2.39. The topological polar surface area (TPSA) is 63.2 Å². The van der Waals surface area contributed by atoms with E-state index in [0.717, 1.165) is 19.1 Å². The van der Waals surface area contributed by atoms with Crippen LogP contribution in [0.1, 0.15) is 38.5 Å². The minimum Gasteiger partial charge on any atom is -0.325 e. The lowest BCUT2D eigenvalue weighted by Gasteiger charge is -2.21. The van der Waals surface area contributed by atoms with Crippen molar-refractivity contribution in [2.45, 2.75) is 43.4 Å². The zero-order valence-electron chi connectivity index (χ0n) is 11.8. The highest BCUT2D eigenvalue weighted by Gasteiger charge is 2.19. The number of hydrogen-bond donors (Lipinski definition) is 1. The molecule has 0 saturated heterocycles. The fraction of sp³-hybridized carbons (Fsp3) is 0.533. The van der Waals surface area contributed by atoms with Gasteiger partial charge in [-0.3, -0.25) is 4.79 Å². The van der Waals surface area contributed by atoms with E-state index in [1.54, 1.807) is 18.2 Å². The maximum Gasteiger partial charge on any atom is 0.224 e. The van der Waals surface area contributed by atoms with Gasteiger partial charge in [-0.05, 0) is 30.9 Å². The van der Waals surface area contributed by atoms with Crippen LogP contribution in [-0.2, 0) is 14.6 Å². The molecule has 1 N–H and O–H groups in total. The van der Waals surface area contributed by atoms with Gasteiger partial charge in [-0.1, -0.05) is 31.4 Å². The summed E-state index contributed by atoms with van der Waals surface area (Å²) < 4.78 is 23.3. The number of amides is 1. The Morgan fingerprint density at radius 2 is 1.85 bits per heavy atom. The van der Waals surface area contributed by atoms with Crippen LogP contribution in [0.2, 0.25) is 0 Å². The van der Waals surface area contributed by atoms with Gasteiger partial charge in [-0.2, -0.15) is 0 Å². The lowest BCUT2D eigenvalue weighted by molar-refractivity contribution is -0.117. The van der Waals surface area contributed by atoms with E-state index in [0.29, 0.717) is 18.0 Å². The molecule has 20 heavy (non-hydrogen) atoms. The third-order valence-corrected chi connectivity index (χ3v) is 4.91. The first-order valence-electron chi connectivity index (χ1n) is 7.06. The van der Waals surface area contributed by atoms with Crippen molar-refractivity contribution in [3.63, 3.8) is 0 Å².